The Morgan fingerprint density at radius 3 is 2.38 bits per heavy atom. The van der Waals surface area contributed by atoms with Gasteiger partial charge in [-0.15, -0.1) is 0 Å². The zero-order valence-corrected chi connectivity index (χ0v) is 10.3. The van der Waals surface area contributed by atoms with Crippen molar-refractivity contribution in [1.82, 2.24) is 0 Å². The maximum atomic E-state index is 5.92. The third-order valence-corrected chi connectivity index (χ3v) is 3.93. The molecule has 0 heterocycles. The highest BCUT2D eigenvalue weighted by Gasteiger charge is 2.20. The van der Waals surface area contributed by atoms with Gasteiger partial charge in [0, 0.05) is 0 Å². The molecular formula is C15H23N. The molecule has 0 bridgehead atoms. The van der Waals surface area contributed by atoms with Crippen LogP contribution in [0.25, 0.3) is 0 Å². The van der Waals surface area contributed by atoms with Crippen LogP contribution in [0.5, 0.6) is 0 Å². The lowest BCUT2D eigenvalue weighted by Gasteiger charge is -2.19. The summed E-state index contributed by atoms with van der Waals surface area (Å²) in [7, 11) is 0. The van der Waals surface area contributed by atoms with Gasteiger partial charge in [0.15, 0.2) is 0 Å². The Morgan fingerprint density at radius 1 is 1.19 bits per heavy atom. The van der Waals surface area contributed by atoms with E-state index in [9.17, 15) is 0 Å². The molecule has 0 aromatic heterocycles. The Morgan fingerprint density at radius 2 is 1.81 bits per heavy atom. The van der Waals surface area contributed by atoms with Crippen molar-refractivity contribution in [2.75, 3.05) is 6.54 Å². The van der Waals surface area contributed by atoms with Crippen LogP contribution in [-0.4, -0.2) is 6.54 Å². The molecule has 1 heteroatoms. The van der Waals surface area contributed by atoms with E-state index in [1.54, 1.807) is 0 Å². The number of hydrogen-bond donors (Lipinski definition) is 1. The van der Waals surface area contributed by atoms with Crippen LogP contribution in [0.1, 0.15) is 49.1 Å². The van der Waals surface area contributed by atoms with Gasteiger partial charge in [0.2, 0.25) is 0 Å². The van der Waals surface area contributed by atoms with E-state index in [0.717, 1.165) is 12.5 Å². The zero-order chi connectivity index (χ0) is 11.4. The van der Waals surface area contributed by atoms with Crippen molar-refractivity contribution in [2.24, 2.45) is 11.7 Å². The predicted molar refractivity (Wildman–Crippen MR) is 69.5 cm³/mol. The molecule has 16 heavy (non-hydrogen) atoms. The SMILES string of the molecule is Cc1ccc(C(CN)CC2CCCC2)cc1. The van der Waals surface area contributed by atoms with Gasteiger partial charge in [-0.3, -0.25) is 0 Å². The average Bonchev–Trinajstić information content (AvgIpc) is 2.80. The van der Waals surface area contributed by atoms with E-state index in [1.807, 2.05) is 0 Å². The van der Waals surface area contributed by atoms with E-state index in [-0.39, 0.29) is 0 Å². The summed E-state index contributed by atoms with van der Waals surface area (Å²) in [4.78, 5) is 0. The van der Waals surface area contributed by atoms with E-state index < -0.39 is 0 Å². The Kier molecular flexibility index (Phi) is 4.00. The Balaban J connectivity index is 2.00. The van der Waals surface area contributed by atoms with Crippen molar-refractivity contribution in [2.45, 2.75) is 44.9 Å². The Labute approximate surface area is 99.0 Å². The molecule has 1 saturated carbocycles. The molecule has 0 aliphatic heterocycles. The van der Waals surface area contributed by atoms with Gasteiger partial charge in [-0.1, -0.05) is 55.5 Å². The second-order valence-electron chi connectivity index (χ2n) is 5.23. The fourth-order valence-corrected chi connectivity index (χ4v) is 2.86. The standard InChI is InChI=1S/C15H23N/c1-12-6-8-14(9-7-12)15(11-16)10-13-4-2-3-5-13/h6-9,13,15H,2-5,10-11,16H2,1H3. The Hall–Kier alpha value is -0.820. The number of benzene rings is 1. The monoisotopic (exact) mass is 217 g/mol. The first-order valence-corrected chi connectivity index (χ1v) is 6.56. The van der Waals surface area contributed by atoms with Gasteiger partial charge in [0.05, 0.1) is 0 Å². The van der Waals surface area contributed by atoms with Crippen molar-refractivity contribution in [3.63, 3.8) is 0 Å². The normalized spacial score (nSPS) is 18.9. The van der Waals surface area contributed by atoms with Crippen LogP contribution < -0.4 is 5.73 Å². The van der Waals surface area contributed by atoms with Crippen LogP contribution in [-0.2, 0) is 0 Å². The molecule has 0 amide bonds. The minimum Gasteiger partial charge on any atom is -0.330 e. The summed E-state index contributed by atoms with van der Waals surface area (Å²) in [5, 5.41) is 0. The molecule has 1 aromatic rings. The lowest BCUT2D eigenvalue weighted by atomic mass is 9.88. The fourth-order valence-electron chi connectivity index (χ4n) is 2.86. The molecule has 1 aliphatic rings. The first-order valence-electron chi connectivity index (χ1n) is 6.56. The smallest absolute Gasteiger partial charge is 0.000813 e. The van der Waals surface area contributed by atoms with Crippen LogP contribution in [0.2, 0.25) is 0 Å². The first kappa shape index (κ1) is 11.7. The summed E-state index contributed by atoms with van der Waals surface area (Å²) in [6, 6.07) is 8.91. The highest BCUT2D eigenvalue weighted by atomic mass is 14.5. The predicted octanol–water partition coefficient (Wildman–Crippen LogP) is 3.62. The molecule has 1 aliphatic carbocycles. The highest BCUT2D eigenvalue weighted by molar-refractivity contribution is 5.24. The van der Waals surface area contributed by atoms with E-state index in [2.05, 4.69) is 31.2 Å². The summed E-state index contributed by atoms with van der Waals surface area (Å²) in [6.07, 6.45) is 6.98. The van der Waals surface area contributed by atoms with Crippen LogP contribution >= 0.6 is 0 Å². The number of hydrogen-bond acceptors (Lipinski definition) is 1. The number of nitrogens with two attached hydrogens (primary N) is 1. The summed E-state index contributed by atoms with van der Waals surface area (Å²) in [5.74, 6) is 1.50. The lowest BCUT2D eigenvalue weighted by molar-refractivity contribution is 0.448. The fraction of sp³-hybridized carbons (Fsp3) is 0.600. The molecule has 2 N–H and O–H groups in total. The summed E-state index contributed by atoms with van der Waals surface area (Å²) in [6.45, 7) is 2.93. The molecule has 88 valence electrons. The first-order chi connectivity index (χ1) is 7.79. The second-order valence-corrected chi connectivity index (χ2v) is 5.23. The van der Waals surface area contributed by atoms with Gasteiger partial charge in [0.1, 0.15) is 0 Å². The van der Waals surface area contributed by atoms with Crippen LogP contribution in [0.3, 0.4) is 0 Å². The third kappa shape index (κ3) is 2.85. The molecular weight excluding hydrogens is 194 g/mol. The van der Waals surface area contributed by atoms with E-state index in [0.29, 0.717) is 5.92 Å². The van der Waals surface area contributed by atoms with Crippen LogP contribution in [0.4, 0.5) is 0 Å². The second kappa shape index (κ2) is 5.49. The quantitative estimate of drug-likeness (QED) is 0.819. The lowest BCUT2D eigenvalue weighted by Crippen LogP contribution is -2.15. The molecule has 0 radical (unpaired) electrons. The minimum atomic E-state index is 0.573. The Bertz CT molecular complexity index is 309. The van der Waals surface area contributed by atoms with Crippen molar-refractivity contribution in [3.8, 4) is 0 Å². The number of aryl methyl sites for hydroxylation is 1. The highest BCUT2D eigenvalue weighted by Crippen LogP contribution is 2.33. The molecule has 2 rings (SSSR count). The molecule has 1 nitrogen and oxygen atoms in total. The van der Waals surface area contributed by atoms with E-state index in [1.165, 1.54) is 43.2 Å². The topological polar surface area (TPSA) is 26.0 Å². The molecule has 1 fully saturated rings. The summed E-state index contributed by atoms with van der Waals surface area (Å²) >= 11 is 0. The maximum absolute atomic E-state index is 5.92. The summed E-state index contributed by atoms with van der Waals surface area (Å²) < 4.78 is 0. The third-order valence-electron chi connectivity index (χ3n) is 3.93. The molecule has 0 saturated heterocycles. The van der Waals surface area contributed by atoms with Gasteiger partial charge in [0.25, 0.3) is 0 Å². The average molecular weight is 217 g/mol. The molecule has 1 atom stereocenters. The minimum absolute atomic E-state index is 0.573. The maximum Gasteiger partial charge on any atom is -0.000813 e. The van der Waals surface area contributed by atoms with Crippen molar-refractivity contribution in [1.29, 1.82) is 0 Å². The van der Waals surface area contributed by atoms with Gasteiger partial charge in [-0.25, -0.2) is 0 Å². The number of rotatable bonds is 4. The van der Waals surface area contributed by atoms with Gasteiger partial charge in [-0.05, 0) is 37.3 Å². The van der Waals surface area contributed by atoms with E-state index >= 15 is 0 Å². The summed E-state index contributed by atoms with van der Waals surface area (Å²) in [5.41, 5.74) is 8.69. The van der Waals surface area contributed by atoms with Gasteiger partial charge < -0.3 is 5.73 Å². The molecule has 0 spiro atoms. The largest absolute Gasteiger partial charge is 0.330 e. The zero-order valence-electron chi connectivity index (χ0n) is 10.3. The van der Waals surface area contributed by atoms with Crippen LogP contribution in [0, 0.1) is 12.8 Å². The van der Waals surface area contributed by atoms with Crippen molar-refractivity contribution >= 4 is 0 Å². The van der Waals surface area contributed by atoms with E-state index in [4.69, 9.17) is 5.73 Å². The van der Waals surface area contributed by atoms with Gasteiger partial charge in [-0.2, -0.15) is 0 Å². The van der Waals surface area contributed by atoms with Crippen LogP contribution in [0.15, 0.2) is 24.3 Å². The van der Waals surface area contributed by atoms with Crippen molar-refractivity contribution in [3.05, 3.63) is 35.4 Å². The van der Waals surface area contributed by atoms with Gasteiger partial charge >= 0.3 is 0 Å². The van der Waals surface area contributed by atoms with Crippen molar-refractivity contribution < 1.29 is 0 Å². The molecule has 1 unspecified atom stereocenters. The molecule has 1 aromatic carbocycles.